The van der Waals surface area contributed by atoms with Crippen LogP contribution in [0.5, 0.6) is 0 Å². The van der Waals surface area contributed by atoms with Crippen LogP contribution in [0.4, 0.5) is 0 Å². The molecular weight excluding hydrogens is 236 g/mol. The van der Waals surface area contributed by atoms with E-state index >= 15 is 0 Å². The molecule has 0 fully saturated rings. The molecule has 0 saturated heterocycles. The van der Waals surface area contributed by atoms with E-state index in [9.17, 15) is 4.79 Å². The molecule has 0 rings (SSSR count). The Morgan fingerprint density at radius 2 is 1.74 bits per heavy atom. The van der Waals surface area contributed by atoms with Crippen molar-refractivity contribution in [2.75, 3.05) is 0 Å². The highest BCUT2D eigenvalue weighted by atomic mass is 16.1. The van der Waals surface area contributed by atoms with Crippen molar-refractivity contribution in [3.05, 3.63) is 0 Å². The topological polar surface area (TPSA) is 55.5 Å². The smallest absolute Gasteiger partial charge is 0.247 e. The zero-order valence-corrected chi connectivity index (χ0v) is 13.6. The van der Waals surface area contributed by atoms with Gasteiger partial charge in [-0.1, -0.05) is 40.5 Å². The standard InChI is InChI=1S/C16H32N2O/c1-7-12(3)9-14(5)18-15(19)11-16(6,17)10-13(4)8-2/h12-13H,7-11,17H2,1-6H3/t12?,13?,16-/m0/s1. The van der Waals surface area contributed by atoms with E-state index < -0.39 is 5.54 Å². The molecule has 0 saturated carbocycles. The first-order chi connectivity index (χ1) is 8.70. The van der Waals surface area contributed by atoms with Gasteiger partial charge >= 0.3 is 0 Å². The van der Waals surface area contributed by atoms with Gasteiger partial charge in [0, 0.05) is 17.7 Å². The van der Waals surface area contributed by atoms with E-state index in [4.69, 9.17) is 5.73 Å². The van der Waals surface area contributed by atoms with Gasteiger partial charge in [-0.25, -0.2) is 4.99 Å². The molecule has 3 nitrogen and oxygen atoms in total. The minimum atomic E-state index is -0.438. The van der Waals surface area contributed by atoms with Gasteiger partial charge in [0.05, 0.1) is 0 Å². The Balaban J connectivity index is 4.39. The first-order valence-corrected chi connectivity index (χ1v) is 7.56. The molecule has 2 N–H and O–H groups in total. The number of nitrogens with two attached hydrogens (primary N) is 1. The van der Waals surface area contributed by atoms with Crippen molar-refractivity contribution in [3.63, 3.8) is 0 Å². The molecule has 0 radical (unpaired) electrons. The number of nitrogens with zero attached hydrogens (tertiary/aromatic N) is 1. The van der Waals surface area contributed by atoms with Crippen LogP contribution in [-0.4, -0.2) is 17.2 Å². The Kier molecular flexibility index (Phi) is 8.15. The average Bonchev–Trinajstić information content (AvgIpc) is 2.26. The Morgan fingerprint density at radius 3 is 2.21 bits per heavy atom. The summed E-state index contributed by atoms with van der Waals surface area (Å²) in [6.45, 7) is 12.6. The molecular formula is C16H32N2O. The van der Waals surface area contributed by atoms with Gasteiger partial charge in [0.2, 0.25) is 5.91 Å². The van der Waals surface area contributed by atoms with Gasteiger partial charge in [-0.05, 0) is 38.5 Å². The third kappa shape index (κ3) is 8.93. The fraction of sp³-hybridized carbons (Fsp3) is 0.875. The van der Waals surface area contributed by atoms with Crippen molar-refractivity contribution < 1.29 is 4.79 Å². The van der Waals surface area contributed by atoms with Crippen LogP contribution in [-0.2, 0) is 4.79 Å². The lowest BCUT2D eigenvalue weighted by molar-refractivity contribution is -0.118. The number of hydrogen-bond donors (Lipinski definition) is 1. The maximum atomic E-state index is 11.9. The highest BCUT2D eigenvalue weighted by Gasteiger charge is 2.24. The van der Waals surface area contributed by atoms with Gasteiger partial charge in [0.25, 0.3) is 0 Å². The Labute approximate surface area is 119 Å². The molecule has 0 aromatic carbocycles. The van der Waals surface area contributed by atoms with Crippen LogP contribution in [0.1, 0.15) is 73.6 Å². The van der Waals surface area contributed by atoms with E-state index in [0.29, 0.717) is 18.3 Å². The summed E-state index contributed by atoms with van der Waals surface area (Å²) in [5.74, 6) is 1.06. The van der Waals surface area contributed by atoms with Crippen molar-refractivity contribution in [2.45, 2.75) is 79.2 Å². The highest BCUT2D eigenvalue weighted by molar-refractivity contribution is 5.94. The Hall–Kier alpha value is -0.700. The Morgan fingerprint density at radius 1 is 1.21 bits per heavy atom. The van der Waals surface area contributed by atoms with Crippen molar-refractivity contribution >= 4 is 11.6 Å². The highest BCUT2D eigenvalue weighted by Crippen LogP contribution is 2.20. The van der Waals surface area contributed by atoms with E-state index in [1.807, 2.05) is 13.8 Å². The van der Waals surface area contributed by atoms with E-state index in [-0.39, 0.29) is 5.91 Å². The summed E-state index contributed by atoms with van der Waals surface area (Å²) in [6, 6.07) is 0. The fourth-order valence-electron chi connectivity index (χ4n) is 2.30. The summed E-state index contributed by atoms with van der Waals surface area (Å²) in [4.78, 5) is 16.1. The molecule has 0 bridgehead atoms. The SMILES string of the molecule is CCC(C)CC(C)=NC(=O)C[C@@](C)(N)CC(C)CC. The van der Waals surface area contributed by atoms with Crippen LogP contribution in [0.3, 0.4) is 0 Å². The van der Waals surface area contributed by atoms with Crippen molar-refractivity contribution in [1.29, 1.82) is 0 Å². The summed E-state index contributed by atoms with van der Waals surface area (Å²) < 4.78 is 0. The molecule has 0 spiro atoms. The number of aliphatic imine (C=N–C) groups is 1. The number of amides is 1. The molecule has 1 amide bonds. The molecule has 2 unspecified atom stereocenters. The van der Waals surface area contributed by atoms with Crippen molar-refractivity contribution in [1.82, 2.24) is 0 Å². The van der Waals surface area contributed by atoms with Gasteiger partial charge in [-0.3, -0.25) is 4.79 Å². The largest absolute Gasteiger partial charge is 0.325 e. The number of hydrogen-bond acceptors (Lipinski definition) is 2. The molecule has 0 aliphatic heterocycles. The minimum absolute atomic E-state index is 0.0749. The van der Waals surface area contributed by atoms with Crippen LogP contribution in [0.25, 0.3) is 0 Å². The van der Waals surface area contributed by atoms with Gasteiger partial charge in [0.1, 0.15) is 0 Å². The Bertz CT molecular complexity index is 308. The average molecular weight is 268 g/mol. The zero-order valence-electron chi connectivity index (χ0n) is 13.6. The fourth-order valence-corrected chi connectivity index (χ4v) is 2.30. The second kappa shape index (κ2) is 8.47. The second-order valence-corrected chi connectivity index (χ2v) is 6.51. The predicted octanol–water partition coefficient (Wildman–Crippen LogP) is 3.95. The molecule has 0 aromatic heterocycles. The van der Waals surface area contributed by atoms with E-state index in [1.54, 1.807) is 0 Å². The maximum absolute atomic E-state index is 11.9. The van der Waals surface area contributed by atoms with Crippen molar-refractivity contribution in [2.24, 2.45) is 22.6 Å². The number of rotatable bonds is 8. The molecule has 0 aliphatic rings. The van der Waals surface area contributed by atoms with Crippen LogP contribution in [0, 0.1) is 11.8 Å². The van der Waals surface area contributed by atoms with Crippen LogP contribution in [0.2, 0.25) is 0 Å². The lowest BCUT2D eigenvalue weighted by Crippen LogP contribution is -2.39. The summed E-state index contributed by atoms with van der Waals surface area (Å²) in [7, 11) is 0. The minimum Gasteiger partial charge on any atom is -0.325 e. The normalized spacial score (nSPS) is 18.8. The molecule has 0 aromatic rings. The third-order valence-corrected chi connectivity index (χ3v) is 3.72. The van der Waals surface area contributed by atoms with E-state index in [0.717, 1.165) is 31.4 Å². The number of carbonyl (C=O) groups excluding carboxylic acids is 1. The van der Waals surface area contributed by atoms with Crippen LogP contribution in [0.15, 0.2) is 4.99 Å². The monoisotopic (exact) mass is 268 g/mol. The van der Waals surface area contributed by atoms with Gasteiger partial charge in [-0.15, -0.1) is 0 Å². The van der Waals surface area contributed by atoms with Crippen LogP contribution < -0.4 is 5.73 Å². The quantitative estimate of drug-likeness (QED) is 0.678. The third-order valence-electron chi connectivity index (χ3n) is 3.72. The lowest BCUT2D eigenvalue weighted by Gasteiger charge is -2.26. The first-order valence-electron chi connectivity index (χ1n) is 7.56. The summed E-state index contributed by atoms with van der Waals surface area (Å²) in [5, 5.41) is 0. The molecule has 0 aliphatic carbocycles. The van der Waals surface area contributed by atoms with E-state index in [2.05, 4.69) is 32.7 Å². The molecule has 112 valence electrons. The first kappa shape index (κ1) is 18.3. The van der Waals surface area contributed by atoms with Gasteiger partial charge < -0.3 is 5.73 Å². The summed E-state index contributed by atoms with van der Waals surface area (Å²) >= 11 is 0. The zero-order chi connectivity index (χ0) is 15.1. The molecule has 0 heterocycles. The van der Waals surface area contributed by atoms with Gasteiger partial charge in [0.15, 0.2) is 0 Å². The molecule has 19 heavy (non-hydrogen) atoms. The lowest BCUT2D eigenvalue weighted by atomic mass is 9.86. The predicted molar refractivity (Wildman–Crippen MR) is 83.5 cm³/mol. The molecule has 3 atom stereocenters. The van der Waals surface area contributed by atoms with E-state index in [1.165, 1.54) is 0 Å². The van der Waals surface area contributed by atoms with Crippen molar-refractivity contribution in [3.8, 4) is 0 Å². The van der Waals surface area contributed by atoms with Gasteiger partial charge in [-0.2, -0.15) is 0 Å². The summed E-state index contributed by atoms with van der Waals surface area (Å²) in [6.07, 6.45) is 4.32. The van der Waals surface area contributed by atoms with Crippen LogP contribution >= 0.6 is 0 Å². The maximum Gasteiger partial charge on any atom is 0.247 e. The molecule has 3 heteroatoms. The second-order valence-electron chi connectivity index (χ2n) is 6.51. The summed E-state index contributed by atoms with van der Waals surface area (Å²) in [5.41, 5.74) is 6.70. The number of carbonyl (C=O) groups is 1.